The van der Waals surface area contributed by atoms with Crippen LogP contribution in [0, 0.1) is 0 Å². The van der Waals surface area contributed by atoms with Crippen LogP contribution in [0.25, 0.3) is 0 Å². The zero-order valence-corrected chi connectivity index (χ0v) is 7.98. The van der Waals surface area contributed by atoms with Gasteiger partial charge in [0, 0.05) is 13.1 Å². The zero-order chi connectivity index (χ0) is 8.27. The number of rotatable bonds is 2. The molecule has 0 atom stereocenters. The van der Waals surface area contributed by atoms with Crippen molar-refractivity contribution in [3.05, 3.63) is 11.1 Å². The average molecular weight is 153 g/mol. The second-order valence-corrected chi connectivity index (χ2v) is 3.40. The minimum atomic E-state index is 1.21. The third kappa shape index (κ3) is 2.06. The Morgan fingerprint density at radius 2 is 1.82 bits per heavy atom. The summed E-state index contributed by atoms with van der Waals surface area (Å²) in [5.41, 5.74) is 3.40. The van der Waals surface area contributed by atoms with E-state index < -0.39 is 0 Å². The van der Waals surface area contributed by atoms with Gasteiger partial charge in [-0.25, -0.2) is 0 Å². The molecule has 64 valence electrons. The van der Waals surface area contributed by atoms with Crippen molar-refractivity contribution in [3.63, 3.8) is 0 Å². The van der Waals surface area contributed by atoms with Crippen molar-refractivity contribution in [1.29, 1.82) is 0 Å². The maximum absolute atomic E-state index is 2.41. The Morgan fingerprint density at radius 3 is 2.36 bits per heavy atom. The molecule has 0 saturated heterocycles. The first-order valence-corrected chi connectivity index (χ1v) is 4.66. The van der Waals surface area contributed by atoms with Gasteiger partial charge in [0.15, 0.2) is 0 Å². The van der Waals surface area contributed by atoms with Crippen LogP contribution in [0.1, 0.15) is 33.1 Å². The van der Waals surface area contributed by atoms with Crippen molar-refractivity contribution in [2.24, 2.45) is 0 Å². The third-order valence-corrected chi connectivity index (χ3v) is 2.61. The van der Waals surface area contributed by atoms with E-state index in [4.69, 9.17) is 0 Å². The maximum Gasteiger partial charge on any atom is 0.0192 e. The molecule has 1 heteroatoms. The fourth-order valence-corrected chi connectivity index (χ4v) is 1.81. The summed E-state index contributed by atoms with van der Waals surface area (Å²) in [4.78, 5) is 2.41. The molecular formula is C10H19N. The topological polar surface area (TPSA) is 3.24 Å². The summed E-state index contributed by atoms with van der Waals surface area (Å²) < 4.78 is 0. The zero-order valence-electron chi connectivity index (χ0n) is 7.98. The van der Waals surface area contributed by atoms with Crippen LogP contribution >= 0.6 is 0 Å². The highest BCUT2D eigenvalue weighted by Crippen LogP contribution is 2.21. The molecule has 0 unspecified atom stereocenters. The van der Waals surface area contributed by atoms with Gasteiger partial charge in [0.2, 0.25) is 0 Å². The summed E-state index contributed by atoms with van der Waals surface area (Å²) in [7, 11) is 2.21. The molecule has 11 heavy (non-hydrogen) atoms. The van der Waals surface area contributed by atoms with E-state index in [0.29, 0.717) is 0 Å². The summed E-state index contributed by atoms with van der Waals surface area (Å²) >= 11 is 0. The van der Waals surface area contributed by atoms with E-state index in [1.54, 1.807) is 11.1 Å². The maximum atomic E-state index is 2.41. The molecule has 1 nitrogen and oxygen atoms in total. The van der Waals surface area contributed by atoms with Crippen LogP contribution in [0.2, 0.25) is 0 Å². The van der Waals surface area contributed by atoms with Crippen LogP contribution in [0.5, 0.6) is 0 Å². The highest BCUT2D eigenvalue weighted by atomic mass is 15.1. The number of hydrogen-bond donors (Lipinski definition) is 0. The van der Waals surface area contributed by atoms with Gasteiger partial charge in [-0.05, 0) is 26.3 Å². The Hall–Kier alpha value is -0.300. The molecule has 1 heterocycles. The van der Waals surface area contributed by atoms with E-state index in [1.807, 2.05) is 0 Å². The predicted octanol–water partition coefficient (Wildman–Crippen LogP) is 2.44. The molecule has 0 fully saturated rings. The summed E-state index contributed by atoms with van der Waals surface area (Å²) in [5, 5.41) is 0. The monoisotopic (exact) mass is 153 g/mol. The molecule has 0 spiro atoms. The van der Waals surface area contributed by atoms with E-state index in [9.17, 15) is 0 Å². The molecule has 0 aliphatic carbocycles. The summed E-state index contributed by atoms with van der Waals surface area (Å²) in [6, 6.07) is 0. The second-order valence-electron chi connectivity index (χ2n) is 3.40. The molecule has 0 aromatic carbocycles. The first kappa shape index (κ1) is 8.79. The molecule has 0 saturated carbocycles. The van der Waals surface area contributed by atoms with Crippen LogP contribution in [-0.2, 0) is 0 Å². The highest BCUT2D eigenvalue weighted by molar-refractivity contribution is 5.18. The lowest BCUT2D eigenvalue weighted by molar-refractivity contribution is 0.341. The Bertz CT molecular complexity index is 158. The fraction of sp³-hybridized carbons (Fsp3) is 0.800. The molecule has 1 rings (SSSR count). The Kier molecular flexibility index (Phi) is 3.13. The van der Waals surface area contributed by atoms with E-state index >= 15 is 0 Å². The quantitative estimate of drug-likeness (QED) is 0.551. The Morgan fingerprint density at radius 1 is 1.18 bits per heavy atom. The lowest BCUT2D eigenvalue weighted by Gasteiger charge is -2.26. The number of hydrogen-bond acceptors (Lipinski definition) is 1. The lowest BCUT2D eigenvalue weighted by Crippen LogP contribution is -2.27. The van der Waals surface area contributed by atoms with Gasteiger partial charge in [0.05, 0.1) is 0 Å². The van der Waals surface area contributed by atoms with Gasteiger partial charge < -0.3 is 4.90 Å². The van der Waals surface area contributed by atoms with Crippen LogP contribution in [0.3, 0.4) is 0 Å². The summed E-state index contributed by atoms with van der Waals surface area (Å²) in [5.74, 6) is 0. The molecule has 0 aromatic rings. The largest absolute Gasteiger partial charge is 0.302 e. The van der Waals surface area contributed by atoms with Crippen LogP contribution < -0.4 is 0 Å². The van der Waals surface area contributed by atoms with Crippen LogP contribution in [-0.4, -0.2) is 25.0 Å². The third-order valence-electron chi connectivity index (χ3n) is 2.61. The van der Waals surface area contributed by atoms with Crippen molar-refractivity contribution in [3.8, 4) is 0 Å². The van der Waals surface area contributed by atoms with Crippen molar-refractivity contribution in [2.75, 3.05) is 20.1 Å². The summed E-state index contributed by atoms with van der Waals surface area (Å²) in [6.45, 7) is 7.01. The number of likely N-dealkylation sites (N-methyl/N-ethyl adjacent to an activating group) is 1. The fourth-order valence-electron chi connectivity index (χ4n) is 1.81. The summed E-state index contributed by atoms with van der Waals surface area (Å²) in [6.07, 6.45) is 3.81. The molecule has 0 amide bonds. The Labute approximate surface area is 70.1 Å². The molecular weight excluding hydrogens is 134 g/mol. The van der Waals surface area contributed by atoms with Gasteiger partial charge in [-0.2, -0.15) is 0 Å². The molecule has 1 aliphatic heterocycles. The van der Waals surface area contributed by atoms with Crippen molar-refractivity contribution in [1.82, 2.24) is 4.90 Å². The van der Waals surface area contributed by atoms with E-state index in [0.717, 1.165) is 0 Å². The second kappa shape index (κ2) is 3.91. The van der Waals surface area contributed by atoms with Crippen molar-refractivity contribution < 1.29 is 0 Å². The first-order chi connectivity index (χ1) is 5.27. The van der Waals surface area contributed by atoms with Gasteiger partial charge in [-0.1, -0.05) is 25.0 Å². The standard InChI is InChI=1S/C10H19N/c1-4-9-6-7-11(3)8-10(9)5-2/h4-8H2,1-3H3. The average Bonchev–Trinajstić information content (AvgIpc) is 2.04. The van der Waals surface area contributed by atoms with Gasteiger partial charge in [-0.3, -0.25) is 0 Å². The van der Waals surface area contributed by atoms with Crippen LogP contribution in [0.15, 0.2) is 11.1 Å². The van der Waals surface area contributed by atoms with E-state index in [-0.39, 0.29) is 0 Å². The van der Waals surface area contributed by atoms with Gasteiger partial charge in [0.1, 0.15) is 0 Å². The van der Waals surface area contributed by atoms with E-state index in [2.05, 4.69) is 25.8 Å². The van der Waals surface area contributed by atoms with Crippen LogP contribution in [0.4, 0.5) is 0 Å². The lowest BCUT2D eigenvalue weighted by atomic mass is 9.96. The molecule has 0 aromatic heterocycles. The molecule has 0 N–H and O–H groups in total. The van der Waals surface area contributed by atoms with E-state index in [1.165, 1.54) is 32.4 Å². The van der Waals surface area contributed by atoms with Gasteiger partial charge >= 0.3 is 0 Å². The normalized spacial score (nSPS) is 21.0. The molecule has 1 aliphatic rings. The minimum Gasteiger partial charge on any atom is -0.302 e. The number of nitrogens with zero attached hydrogens (tertiary/aromatic N) is 1. The minimum absolute atomic E-state index is 1.21. The van der Waals surface area contributed by atoms with Gasteiger partial charge in [0.25, 0.3) is 0 Å². The smallest absolute Gasteiger partial charge is 0.0192 e. The predicted molar refractivity (Wildman–Crippen MR) is 49.7 cm³/mol. The first-order valence-electron chi connectivity index (χ1n) is 4.66. The highest BCUT2D eigenvalue weighted by Gasteiger charge is 2.12. The Balaban J connectivity index is 2.67. The van der Waals surface area contributed by atoms with Crippen molar-refractivity contribution >= 4 is 0 Å². The molecule has 0 radical (unpaired) electrons. The SMILES string of the molecule is CCC1=C(CC)CN(C)CC1. The van der Waals surface area contributed by atoms with Gasteiger partial charge in [-0.15, -0.1) is 0 Å². The molecule has 0 bridgehead atoms. The van der Waals surface area contributed by atoms with Crippen molar-refractivity contribution in [2.45, 2.75) is 33.1 Å².